The molecule has 1 aliphatic heterocycles. The summed E-state index contributed by atoms with van der Waals surface area (Å²) < 4.78 is 0. The molecule has 0 bridgehead atoms. The molecule has 1 saturated heterocycles. The van der Waals surface area contributed by atoms with Gasteiger partial charge in [-0.25, -0.2) is 0 Å². The summed E-state index contributed by atoms with van der Waals surface area (Å²) in [6.07, 6.45) is 7.63. The Kier molecular flexibility index (Phi) is 3.69. The van der Waals surface area contributed by atoms with Crippen LogP contribution in [-0.4, -0.2) is 24.6 Å². The first kappa shape index (κ1) is 10.6. The van der Waals surface area contributed by atoms with E-state index < -0.39 is 0 Å². The molecule has 2 unspecified atom stereocenters. The summed E-state index contributed by atoms with van der Waals surface area (Å²) in [5.74, 6) is 0. The molecule has 2 rings (SSSR count). The molecule has 1 aliphatic rings. The second-order valence-electron chi connectivity index (χ2n) is 4.10. The Labute approximate surface area is 91.3 Å². The third kappa shape index (κ3) is 2.55. The van der Waals surface area contributed by atoms with Crippen LogP contribution in [0.15, 0.2) is 24.5 Å². The second kappa shape index (κ2) is 5.24. The first-order chi connectivity index (χ1) is 7.42. The minimum Gasteiger partial charge on any atom is -0.312 e. The molecule has 0 aromatic carbocycles. The predicted molar refractivity (Wildman–Crippen MR) is 61.7 cm³/mol. The molecule has 2 heterocycles. The van der Waals surface area contributed by atoms with Crippen molar-refractivity contribution in [1.29, 1.82) is 0 Å². The number of aromatic nitrogens is 1. The topological polar surface area (TPSA) is 37.0 Å². The van der Waals surface area contributed by atoms with Gasteiger partial charge < -0.3 is 10.6 Å². The van der Waals surface area contributed by atoms with Crippen molar-refractivity contribution in [3.05, 3.63) is 30.1 Å². The molecule has 0 saturated carbocycles. The van der Waals surface area contributed by atoms with Gasteiger partial charge in [-0.3, -0.25) is 4.98 Å². The summed E-state index contributed by atoms with van der Waals surface area (Å²) in [7, 11) is 2.03. The molecule has 2 N–H and O–H groups in total. The molecule has 15 heavy (non-hydrogen) atoms. The third-order valence-corrected chi connectivity index (χ3v) is 3.13. The molecule has 0 radical (unpaired) electrons. The molecule has 0 amide bonds. The first-order valence-corrected chi connectivity index (χ1v) is 5.72. The average Bonchev–Trinajstić information content (AvgIpc) is 2.33. The van der Waals surface area contributed by atoms with Crippen LogP contribution >= 0.6 is 0 Å². The van der Waals surface area contributed by atoms with E-state index in [1.807, 2.05) is 19.4 Å². The lowest BCUT2D eigenvalue weighted by atomic mass is 9.93. The van der Waals surface area contributed by atoms with E-state index in [0.717, 1.165) is 6.54 Å². The Morgan fingerprint density at radius 3 is 2.80 bits per heavy atom. The highest BCUT2D eigenvalue weighted by Gasteiger charge is 2.22. The van der Waals surface area contributed by atoms with Crippen LogP contribution in [0.2, 0.25) is 0 Å². The van der Waals surface area contributed by atoms with Gasteiger partial charge >= 0.3 is 0 Å². The molecular weight excluding hydrogens is 186 g/mol. The number of likely N-dealkylation sites (N-methyl/N-ethyl adjacent to an activating group) is 1. The highest BCUT2D eigenvalue weighted by Crippen LogP contribution is 2.21. The first-order valence-electron chi connectivity index (χ1n) is 5.72. The summed E-state index contributed by atoms with van der Waals surface area (Å²) in [6.45, 7) is 1.15. The normalized spacial score (nSPS) is 23.7. The van der Waals surface area contributed by atoms with Gasteiger partial charge in [0.05, 0.1) is 0 Å². The molecule has 1 aromatic rings. The largest absolute Gasteiger partial charge is 0.312 e. The van der Waals surface area contributed by atoms with Crippen LogP contribution in [0.5, 0.6) is 0 Å². The summed E-state index contributed by atoms with van der Waals surface area (Å²) in [5.41, 5.74) is 1.33. The second-order valence-corrected chi connectivity index (χ2v) is 4.10. The molecule has 3 nitrogen and oxygen atoms in total. The number of hydrogen-bond donors (Lipinski definition) is 2. The fourth-order valence-electron chi connectivity index (χ4n) is 2.33. The zero-order valence-corrected chi connectivity index (χ0v) is 9.24. The van der Waals surface area contributed by atoms with Gasteiger partial charge in [-0.05, 0) is 44.1 Å². The van der Waals surface area contributed by atoms with Crippen molar-refractivity contribution in [2.24, 2.45) is 0 Å². The molecule has 0 aliphatic carbocycles. The highest BCUT2D eigenvalue weighted by atomic mass is 15.0. The fourth-order valence-corrected chi connectivity index (χ4v) is 2.33. The van der Waals surface area contributed by atoms with Gasteiger partial charge in [-0.15, -0.1) is 0 Å². The number of rotatable bonds is 3. The van der Waals surface area contributed by atoms with Crippen LogP contribution in [0.4, 0.5) is 0 Å². The van der Waals surface area contributed by atoms with E-state index >= 15 is 0 Å². The third-order valence-electron chi connectivity index (χ3n) is 3.13. The van der Waals surface area contributed by atoms with Crippen LogP contribution in [0.25, 0.3) is 0 Å². The predicted octanol–water partition coefficient (Wildman–Crippen LogP) is 1.48. The number of piperidine rings is 1. The Bertz CT molecular complexity index is 280. The Balaban J connectivity index is 2.09. The van der Waals surface area contributed by atoms with Crippen LogP contribution < -0.4 is 10.6 Å². The molecule has 3 heteroatoms. The van der Waals surface area contributed by atoms with Gasteiger partial charge in [0, 0.05) is 24.5 Å². The Hall–Kier alpha value is -0.930. The van der Waals surface area contributed by atoms with Crippen LogP contribution in [0, 0.1) is 0 Å². The molecule has 82 valence electrons. The fraction of sp³-hybridized carbons (Fsp3) is 0.583. The standard InChI is InChI=1S/C12H19N3/c1-13-12(10-5-8-14-9-6-10)11-4-2-3-7-15-11/h5-6,8-9,11-13,15H,2-4,7H2,1H3. The van der Waals surface area contributed by atoms with Gasteiger partial charge in [0.2, 0.25) is 0 Å². The molecule has 2 atom stereocenters. The lowest BCUT2D eigenvalue weighted by molar-refractivity contribution is 0.326. The summed E-state index contributed by atoms with van der Waals surface area (Å²) in [6, 6.07) is 5.16. The average molecular weight is 205 g/mol. The zero-order chi connectivity index (χ0) is 10.5. The van der Waals surface area contributed by atoms with Crippen molar-refractivity contribution in [2.75, 3.05) is 13.6 Å². The van der Waals surface area contributed by atoms with E-state index in [0.29, 0.717) is 12.1 Å². The van der Waals surface area contributed by atoms with Crippen molar-refractivity contribution in [3.8, 4) is 0 Å². The summed E-state index contributed by atoms with van der Waals surface area (Å²) >= 11 is 0. The molecule has 1 aromatic heterocycles. The van der Waals surface area contributed by atoms with Crippen LogP contribution in [0.1, 0.15) is 30.9 Å². The van der Waals surface area contributed by atoms with E-state index in [1.54, 1.807) is 0 Å². The highest BCUT2D eigenvalue weighted by molar-refractivity contribution is 5.17. The van der Waals surface area contributed by atoms with Crippen molar-refractivity contribution in [3.63, 3.8) is 0 Å². The smallest absolute Gasteiger partial charge is 0.0474 e. The van der Waals surface area contributed by atoms with Crippen molar-refractivity contribution < 1.29 is 0 Å². The SMILES string of the molecule is CNC(c1ccncc1)C1CCCCN1. The van der Waals surface area contributed by atoms with Crippen LogP contribution in [-0.2, 0) is 0 Å². The number of nitrogens with zero attached hydrogens (tertiary/aromatic N) is 1. The number of nitrogens with one attached hydrogen (secondary N) is 2. The lowest BCUT2D eigenvalue weighted by Gasteiger charge is -2.31. The lowest BCUT2D eigenvalue weighted by Crippen LogP contribution is -2.43. The van der Waals surface area contributed by atoms with Crippen molar-refractivity contribution >= 4 is 0 Å². The van der Waals surface area contributed by atoms with Crippen molar-refractivity contribution in [2.45, 2.75) is 31.3 Å². The summed E-state index contributed by atoms with van der Waals surface area (Å²) in [5, 5.41) is 6.98. The van der Waals surface area contributed by atoms with Crippen molar-refractivity contribution in [1.82, 2.24) is 15.6 Å². The minimum absolute atomic E-state index is 0.410. The van der Waals surface area contributed by atoms with Gasteiger partial charge in [0.15, 0.2) is 0 Å². The number of hydrogen-bond acceptors (Lipinski definition) is 3. The van der Waals surface area contributed by atoms with Gasteiger partial charge in [0.25, 0.3) is 0 Å². The molecule has 1 fully saturated rings. The van der Waals surface area contributed by atoms with Gasteiger partial charge in [-0.1, -0.05) is 6.42 Å². The maximum absolute atomic E-state index is 4.06. The van der Waals surface area contributed by atoms with E-state index in [4.69, 9.17) is 0 Å². The molecular formula is C12H19N3. The maximum atomic E-state index is 4.06. The molecule has 0 spiro atoms. The minimum atomic E-state index is 0.410. The van der Waals surface area contributed by atoms with Gasteiger partial charge in [-0.2, -0.15) is 0 Å². The monoisotopic (exact) mass is 205 g/mol. The van der Waals surface area contributed by atoms with E-state index in [9.17, 15) is 0 Å². The van der Waals surface area contributed by atoms with Crippen LogP contribution in [0.3, 0.4) is 0 Å². The van der Waals surface area contributed by atoms with E-state index in [1.165, 1.54) is 24.8 Å². The zero-order valence-electron chi connectivity index (χ0n) is 9.24. The maximum Gasteiger partial charge on any atom is 0.0474 e. The summed E-state index contributed by atoms with van der Waals surface area (Å²) in [4.78, 5) is 4.06. The Morgan fingerprint density at radius 2 is 2.20 bits per heavy atom. The number of pyridine rings is 1. The Morgan fingerprint density at radius 1 is 1.40 bits per heavy atom. The van der Waals surface area contributed by atoms with E-state index in [-0.39, 0.29) is 0 Å². The van der Waals surface area contributed by atoms with Gasteiger partial charge in [0.1, 0.15) is 0 Å². The quantitative estimate of drug-likeness (QED) is 0.785. The van der Waals surface area contributed by atoms with E-state index in [2.05, 4.69) is 27.8 Å².